The van der Waals surface area contributed by atoms with Crippen LogP contribution in [-0.4, -0.2) is 62.8 Å². The van der Waals surface area contributed by atoms with E-state index in [9.17, 15) is 14.0 Å². The summed E-state index contributed by atoms with van der Waals surface area (Å²) in [6.45, 7) is 3.48. The molecule has 220 valence electrons. The van der Waals surface area contributed by atoms with Crippen molar-refractivity contribution in [3.8, 4) is 39.5 Å². The standard InChI is InChI=1S/C32H27FN8O3/c1-44-30-27(28(42)29(30)43)40-15-13-39(14-16-40)18-19-4-6-20(7-5-19)25-26(22-3-2-11-35-31(22)34)38-41-12-10-24(37-32(25)41)23-9-8-21(33)17-36-23/h2-12,17H,13-16,18H2,1H3,(H2,34,35). The van der Waals surface area contributed by atoms with E-state index >= 15 is 0 Å². The highest BCUT2D eigenvalue weighted by Crippen LogP contribution is 2.37. The molecule has 0 saturated carbocycles. The Morgan fingerprint density at radius 2 is 1.73 bits per heavy atom. The minimum Gasteiger partial charge on any atom is -0.491 e. The van der Waals surface area contributed by atoms with Crippen LogP contribution in [0, 0.1) is 5.82 Å². The van der Waals surface area contributed by atoms with E-state index < -0.39 is 16.7 Å². The van der Waals surface area contributed by atoms with Gasteiger partial charge in [0.05, 0.1) is 30.3 Å². The molecule has 1 saturated heterocycles. The summed E-state index contributed by atoms with van der Waals surface area (Å²) in [5.74, 6) is 0.100. The average Bonchev–Trinajstić information content (AvgIpc) is 3.43. The Morgan fingerprint density at radius 3 is 2.43 bits per heavy atom. The summed E-state index contributed by atoms with van der Waals surface area (Å²) in [5, 5.41) is 4.82. The zero-order valence-electron chi connectivity index (χ0n) is 23.8. The zero-order chi connectivity index (χ0) is 30.4. The van der Waals surface area contributed by atoms with Gasteiger partial charge in [-0.1, -0.05) is 24.3 Å². The molecule has 7 rings (SSSR count). The summed E-state index contributed by atoms with van der Waals surface area (Å²) in [4.78, 5) is 41.4. The monoisotopic (exact) mass is 590 g/mol. The Balaban J connectivity index is 1.18. The molecular formula is C32H27FN8O3. The number of benzene rings is 1. The second kappa shape index (κ2) is 11.0. The van der Waals surface area contributed by atoms with Gasteiger partial charge in [0.15, 0.2) is 11.4 Å². The van der Waals surface area contributed by atoms with Crippen molar-refractivity contribution in [3.05, 3.63) is 105 Å². The minimum absolute atomic E-state index is 0.162. The van der Waals surface area contributed by atoms with Gasteiger partial charge in [-0.05, 0) is 41.5 Å². The second-order valence-electron chi connectivity index (χ2n) is 10.6. The topological polar surface area (TPSA) is 132 Å². The number of nitrogens with zero attached hydrogens (tertiary/aromatic N) is 7. The normalized spacial score (nSPS) is 14.0. The maximum Gasteiger partial charge on any atom is 0.272 e. The summed E-state index contributed by atoms with van der Waals surface area (Å²) < 4.78 is 20.3. The Kier molecular flexibility index (Phi) is 6.82. The van der Waals surface area contributed by atoms with Crippen molar-refractivity contribution < 1.29 is 9.13 Å². The van der Waals surface area contributed by atoms with E-state index in [0.29, 0.717) is 52.9 Å². The van der Waals surface area contributed by atoms with Gasteiger partial charge in [0.1, 0.15) is 23.0 Å². The Bertz CT molecular complexity index is 2060. The van der Waals surface area contributed by atoms with E-state index in [4.69, 9.17) is 20.6 Å². The molecule has 6 aromatic rings. The first-order valence-corrected chi connectivity index (χ1v) is 14.1. The molecule has 0 spiro atoms. The third kappa shape index (κ3) is 4.74. The van der Waals surface area contributed by atoms with Crippen LogP contribution < -0.4 is 26.2 Å². The van der Waals surface area contributed by atoms with Crippen LogP contribution >= 0.6 is 0 Å². The fraction of sp³-hybridized carbons (Fsp3) is 0.188. The predicted octanol–water partition coefficient (Wildman–Crippen LogP) is 3.17. The van der Waals surface area contributed by atoms with Gasteiger partial charge in [-0.15, -0.1) is 0 Å². The molecule has 1 fully saturated rings. The summed E-state index contributed by atoms with van der Waals surface area (Å²) in [7, 11) is 1.42. The summed E-state index contributed by atoms with van der Waals surface area (Å²) in [6.07, 6.45) is 4.60. The van der Waals surface area contributed by atoms with E-state index in [1.165, 1.54) is 19.4 Å². The Labute approximate surface area is 250 Å². The first-order chi connectivity index (χ1) is 21.4. The number of aromatic nitrogens is 5. The molecule has 5 heterocycles. The quantitative estimate of drug-likeness (QED) is 0.277. The van der Waals surface area contributed by atoms with Crippen LogP contribution in [-0.2, 0) is 6.54 Å². The fourth-order valence-corrected chi connectivity index (χ4v) is 5.67. The minimum atomic E-state index is -0.552. The lowest BCUT2D eigenvalue weighted by molar-refractivity contribution is 0.248. The molecule has 12 heteroatoms. The van der Waals surface area contributed by atoms with Gasteiger partial charge in [0, 0.05) is 50.7 Å². The molecule has 0 amide bonds. The lowest BCUT2D eigenvalue weighted by Gasteiger charge is -2.36. The maximum atomic E-state index is 13.5. The van der Waals surface area contributed by atoms with Crippen LogP contribution in [0.1, 0.15) is 5.56 Å². The van der Waals surface area contributed by atoms with Crippen molar-refractivity contribution >= 4 is 17.2 Å². The highest BCUT2D eigenvalue weighted by molar-refractivity contribution is 5.93. The number of anilines is 2. The summed E-state index contributed by atoms with van der Waals surface area (Å²) in [5.41, 5.74) is 11.5. The van der Waals surface area contributed by atoms with Gasteiger partial charge in [0.25, 0.3) is 10.9 Å². The SMILES string of the molecule is COc1c(N2CCN(Cc3ccc(-c4c(-c5cccnc5N)nn5ccc(-c6ccc(F)cn6)nc45)cc3)CC2)c(=O)c1=O. The van der Waals surface area contributed by atoms with E-state index in [2.05, 4.69) is 27.0 Å². The Morgan fingerprint density at radius 1 is 0.932 bits per heavy atom. The van der Waals surface area contributed by atoms with Crippen LogP contribution in [0.2, 0.25) is 0 Å². The molecule has 2 N–H and O–H groups in total. The van der Waals surface area contributed by atoms with Crippen molar-refractivity contribution in [1.29, 1.82) is 0 Å². The third-order valence-electron chi connectivity index (χ3n) is 7.95. The molecule has 0 atom stereocenters. The molecule has 2 aromatic carbocycles. The number of piperazine rings is 1. The van der Waals surface area contributed by atoms with Gasteiger partial charge in [-0.25, -0.2) is 18.9 Å². The van der Waals surface area contributed by atoms with E-state index in [1.807, 2.05) is 29.2 Å². The smallest absolute Gasteiger partial charge is 0.272 e. The van der Waals surface area contributed by atoms with Crippen molar-refractivity contribution in [2.75, 3.05) is 43.9 Å². The molecule has 44 heavy (non-hydrogen) atoms. The number of halogens is 1. The van der Waals surface area contributed by atoms with Crippen LogP contribution in [0.5, 0.6) is 5.75 Å². The number of ether oxygens (including phenoxy) is 1. The highest BCUT2D eigenvalue weighted by Gasteiger charge is 2.29. The van der Waals surface area contributed by atoms with Crippen molar-refractivity contribution in [2.45, 2.75) is 6.54 Å². The number of fused-ring (bicyclic) bond motifs is 1. The zero-order valence-corrected chi connectivity index (χ0v) is 23.8. The highest BCUT2D eigenvalue weighted by atomic mass is 19.1. The predicted molar refractivity (Wildman–Crippen MR) is 165 cm³/mol. The average molecular weight is 591 g/mol. The number of nitrogen functional groups attached to an aromatic ring is 1. The number of methoxy groups -OCH3 is 1. The molecule has 1 aliphatic heterocycles. The Hall–Kier alpha value is -5.49. The van der Waals surface area contributed by atoms with E-state index in [1.54, 1.807) is 29.0 Å². The van der Waals surface area contributed by atoms with E-state index in [-0.39, 0.29) is 5.75 Å². The van der Waals surface area contributed by atoms with Gasteiger partial charge in [0.2, 0.25) is 0 Å². The fourth-order valence-electron chi connectivity index (χ4n) is 5.67. The number of nitrogens with two attached hydrogens (primary N) is 1. The van der Waals surface area contributed by atoms with E-state index in [0.717, 1.165) is 36.3 Å². The van der Waals surface area contributed by atoms with Crippen LogP contribution in [0.25, 0.3) is 39.4 Å². The van der Waals surface area contributed by atoms with Gasteiger partial charge >= 0.3 is 0 Å². The molecule has 4 aromatic heterocycles. The molecule has 1 aliphatic rings. The van der Waals surface area contributed by atoms with Gasteiger partial charge in [-0.2, -0.15) is 5.10 Å². The molecule has 0 bridgehead atoms. The number of pyridine rings is 2. The lowest BCUT2D eigenvalue weighted by Crippen LogP contribution is -2.50. The van der Waals surface area contributed by atoms with Gasteiger partial charge in [-0.3, -0.25) is 19.5 Å². The first-order valence-electron chi connectivity index (χ1n) is 14.1. The number of rotatable bonds is 7. The third-order valence-corrected chi connectivity index (χ3v) is 7.95. The summed E-state index contributed by atoms with van der Waals surface area (Å²) >= 11 is 0. The van der Waals surface area contributed by atoms with Crippen LogP contribution in [0.3, 0.4) is 0 Å². The van der Waals surface area contributed by atoms with Crippen molar-refractivity contribution in [2.24, 2.45) is 0 Å². The lowest BCUT2D eigenvalue weighted by atomic mass is 10.00. The van der Waals surface area contributed by atoms with Crippen LogP contribution in [0.4, 0.5) is 15.9 Å². The number of hydrogen-bond acceptors (Lipinski definition) is 10. The van der Waals surface area contributed by atoms with Crippen LogP contribution in [0.15, 0.2) is 82.8 Å². The maximum absolute atomic E-state index is 13.5. The van der Waals surface area contributed by atoms with Crippen molar-refractivity contribution in [3.63, 3.8) is 0 Å². The second-order valence-corrected chi connectivity index (χ2v) is 10.6. The summed E-state index contributed by atoms with van der Waals surface area (Å²) in [6, 6.07) is 16.7. The number of hydrogen-bond donors (Lipinski definition) is 1. The van der Waals surface area contributed by atoms with Gasteiger partial charge < -0.3 is 15.4 Å². The van der Waals surface area contributed by atoms with Crippen molar-refractivity contribution in [1.82, 2.24) is 29.5 Å². The molecule has 0 aliphatic carbocycles. The molecular weight excluding hydrogens is 563 g/mol. The first kappa shape index (κ1) is 27.3. The molecule has 0 radical (unpaired) electrons. The molecule has 0 unspecified atom stereocenters. The largest absolute Gasteiger partial charge is 0.491 e. The molecule has 11 nitrogen and oxygen atoms in total.